The van der Waals surface area contributed by atoms with Crippen LogP contribution in [-0.2, 0) is 11.2 Å². The molecule has 2 amide bonds. The van der Waals surface area contributed by atoms with Crippen molar-refractivity contribution in [3.8, 4) is 0 Å². The van der Waals surface area contributed by atoms with E-state index in [-0.39, 0.29) is 11.8 Å². The molecule has 5 heteroatoms. The summed E-state index contributed by atoms with van der Waals surface area (Å²) in [6.07, 6.45) is 3.49. The zero-order valence-corrected chi connectivity index (χ0v) is 14.8. The van der Waals surface area contributed by atoms with Gasteiger partial charge in [0.15, 0.2) is 0 Å². The van der Waals surface area contributed by atoms with Crippen molar-refractivity contribution in [1.29, 1.82) is 0 Å². The number of carbonyl (C=O) groups is 2. The van der Waals surface area contributed by atoms with Gasteiger partial charge in [0.05, 0.1) is 0 Å². The maximum absolute atomic E-state index is 12.2. The van der Waals surface area contributed by atoms with Gasteiger partial charge in [0.25, 0.3) is 5.91 Å². The minimum absolute atomic E-state index is 0.195. The number of benzene rings is 2. The van der Waals surface area contributed by atoms with Crippen LogP contribution in [0.25, 0.3) is 0 Å². The molecule has 1 fully saturated rings. The number of aryl methyl sites for hydroxylation is 1. The molecule has 1 saturated heterocycles. The Balaban J connectivity index is 1.53. The number of halogens is 1. The molecule has 0 atom stereocenters. The molecule has 0 unspecified atom stereocenters. The molecule has 0 radical (unpaired) electrons. The highest BCUT2D eigenvalue weighted by Gasteiger charge is 2.17. The largest absolute Gasteiger partial charge is 0.343 e. The average Bonchev–Trinajstić information content (AvgIpc) is 3.15. The number of likely N-dealkylation sites (tertiary alicyclic amines) is 1. The molecular formula is C20H21ClN2O2. The molecule has 0 saturated carbocycles. The predicted molar refractivity (Wildman–Crippen MR) is 100.0 cm³/mol. The first kappa shape index (κ1) is 17.5. The molecule has 1 aliphatic rings. The third-order valence-electron chi connectivity index (χ3n) is 4.38. The van der Waals surface area contributed by atoms with Crippen LogP contribution in [0.15, 0.2) is 48.5 Å². The highest BCUT2D eigenvalue weighted by atomic mass is 35.5. The summed E-state index contributed by atoms with van der Waals surface area (Å²) in [4.78, 5) is 26.2. The molecule has 2 aromatic carbocycles. The Hall–Kier alpha value is -2.33. The number of anilines is 1. The van der Waals surface area contributed by atoms with Gasteiger partial charge in [0.2, 0.25) is 5.91 Å². The molecule has 0 bridgehead atoms. The predicted octanol–water partition coefficient (Wildman–Crippen LogP) is 4.15. The molecule has 0 spiro atoms. The maximum atomic E-state index is 12.2. The summed E-state index contributed by atoms with van der Waals surface area (Å²) in [5, 5.41) is 3.38. The average molecular weight is 357 g/mol. The van der Waals surface area contributed by atoms with Gasteiger partial charge in [-0.1, -0.05) is 29.8 Å². The Kier molecular flexibility index (Phi) is 5.71. The van der Waals surface area contributed by atoms with Gasteiger partial charge in [-0.3, -0.25) is 9.59 Å². The smallest absolute Gasteiger partial charge is 0.255 e. The van der Waals surface area contributed by atoms with E-state index in [2.05, 4.69) is 5.32 Å². The van der Waals surface area contributed by atoms with Crippen molar-refractivity contribution in [3.05, 3.63) is 64.7 Å². The van der Waals surface area contributed by atoms with Gasteiger partial charge < -0.3 is 10.2 Å². The topological polar surface area (TPSA) is 49.4 Å². The SMILES string of the molecule is O=C(Nc1ccc(CCC(=O)N2CCCC2)cc1)c1cccc(Cl)c1. The number of hydrogen-bond donors (Lipinski definition) is 1. The van der Waals surface area contributed by atoms with Crippen LogP contribution in [0.5, 0.6) is 0 Å². The van der Waals surface area contributed by atoms with E-state index in [1.165, 1.54) is 0 Å². The Morgan fingerprint density at radius 3 is 2.44 bits per heavy atom. The van der Waals surface area contributed by atoms with Crippen molar-refractivity contribution in [1.82, 2.24) is 4.90 Å². The fourth-order valence-electron chi connectivity index (χ4n) is 2.96. The fraction of sp³-hybridized carbons (Fsp3) is 0.300. The summed E-state index contributed by atoms with van der Waals surface area (Å²) in [6.45, 7) is 1.79. The van der Waals surface area contributed by atoms with Gasteiger partial charge >= 0.3 is 0 Å². The lowest BCUT2D eigenvalue weighted by atomic mass is 10.1. The van der Waals surface area contributed by atoms with Crippen molar-refractivity contribution in [3.63, 3.8) is 0 Å². The van der Waals surface area contributed by atoms with E-state index in [0.29, 0.717) is 17.0 Å². The van der Waals surface area contributed by atoms with Crippen molar-refractivity contribution in [2.75, 3.05) is 18.4 Å². The minimum Gasteiger partial charge on any atom is -0.343 e. The quantitative estimate of drug-likeness (QED) is 0.875. The molecular weight excluding hydrogens is 336 g/mol. The summed E-state index contributed by atoms with van der Waals surface area (Å²) in [7, 11) is 0. The maximum Gasteiger partial charge on any atom is 0.255 e. The van der Waals surface area contributed by atoms with Gasteiger partial charge in [0, 0.05) is 35.8 Å². The second kappa shape index (κ2) is 8.17. The molecule has 0 aliphatic carbocycles. The Morgan fingerprint density at radius 2 is 1.76 bits per heavy atom. The highest BCUT2D eigenvalue weighted by molar-refractivity contribution is 6.31. The molecule has 0 aromatic heterocycles. The van der Waals surface area contributed by atoms with Crippen LogP contribution in [0.2, 0.25) is 5.02 Å². The van der Waals surface area contributed by atoms with Crippen LogP contribution in [0, 0.1) is 0 Å². The van der Waals surface area contributed by atoms with E-state index in [1.54, 1.807) is 24.3 Å². The molecule has 1 heterocycles. The van der Waals surface area contributed by atoms with Gasteiger partial charge in [-0.15, -0.1) is 0 Å². The van der Waals surface area contributed by atoms with E-state index in [4.69, 9.17) is 11.6 Å². The van der Waals surface area contributed by atoms with Crippen LogP contribution in [-0.4, -0.2) is 29.8 Å². The summed E-state index contributed by atoms with van der Waals surface area (Å²) < 4.78 is 0. The third-order valence-corrected chi connectivity index (χ3v) is 4.62. The number of nitrogens with zero attached hydrogens (tertiary/aromatic N) is 1. The van der Waals surface area contributed by atoms with Gasteiger partial charge in [0.1, 0.15) is 0 Å². The summed E-state index contributed by atoms with van der Waals surface area (Å²) in [5.41, 5.74) is 2.33. The molecule has 1 N–H and O–H groups in total. The minimum atomic E-state index is -0.195. The first-order chi connectivity index (χ1) is 12.1. The lowest BCUT2D eigenvalue weighted by Crippen LogP contribution is -2.27. The van der Waals surface area contributed by atoms with E-state index < -0.39 is 0 Å². The van der Waals surface area contributed by atoms with Crippen LogP contribution >= 0.6 is 11.6 Å². The molecule has 1 aliphatic heterocycles. The van der Waals surface area contributed by atoms with Crippen LogP contribution < -0.4 is 5.32 Å². The monoisotopic (exact) mass is 356 g/mol. The molecule has 3 rings (SSSR count). The standard InChI is InChI=1S/C20H21ClN2O2/c21-17-5-3-4-16(14-17)20(25)22-18-9-6-15(7-10-18)8-11-19(24)23-12-1-2-13-23/h3-7,9-10,14H,1-2,8,11-13H2,(H,22,25). The van der Waals surface area contributed by atoms with E-state index in [0.717, 1.165) is 43.6 Å². The van der Waals surface area contributed by atoms with Gasteiger partial charge in [-0.2, -0.15) is 0 Å². The Labute approximate surface area is 152 Å². The van der Waals surface area contributed by atoms with Crippen LogP contribution in [0.4, 0.5) is 5.69 Å². The molecule has 25 heavy (non-hydrogen) atoms. The Morgan fingerprint density at radius 1 is 1.04 bits per heavy atom. The second-order valence-electron chi connectivity index (χ2n) is 6.25. The number of hydrogen-bond acceptors (Lipinski definition) is 2. The molecule has 130 valence electrons. The summed E-state index contributed by atoms with van der Waals surface area (Å²) in [6, 6.07) is 14.5. The van der Waals surface area contributed by atoms with E-state index >= 15 is 0 Å². The normalized spacial score (nSPS) is 13.7. The van der Waals surface area contributed by atoms with Crippen LogP contribution in [0.3, 0.4) is 0 Å². The number of nitrogens with one attached hydrogen (secondary N) is 1. The van der Waals surface area contributed by atoms with Crippen molar-refractivity contribution < 1.29 is 9.59 Å². The second-order valence-corrected chi connectivity index (χ2v) is 6.69. The van der Waals surface area contributed by atoms with Gasteiger partial charge in [-0.05, 0) is 55.2 Å². The number of rotatable bonds is 5. The van der Waals surface area contributed by atoms with E-state index in [9.17, 15) is 9.59 Å². The number of carbonyl (C=O) groups excluding carboxylic acids is 2. The first-order valence-electron chi connectivity index (χ1n) is 8.55. The zero-order chi connectivity index (χ0) is 17.6. The van der Waals surface area contributed by atoms with Gasteiger partial charge in [-0.25, -0.2) is 0 Å². The zero-order valence-electron chi connectivity index (χ0n) is 14.0. The van der Waals surface area contributed by atoms with Crippen molar-refractivity contribution in [2.45, 2.75) is 25.7 Å². The number of amides is 2. The third kappa shape index (κ3) is 4.83. The Bertz CT molecular complexity index is 753. The fourth-order valence-corrected chi connectivity index (χ4v) is 3.15. The first-order valence-corrected chi connectivity index (χ1v) is 8.93. The molecule has 2 aromatic rings. The lowest BCUT2D eigenvalue weighted by molar-refractivity contribution is -0.130. The highest BCUT2D eigenvalue weighted by Crippen LogP contribution is 2.16. The lowest BCUT2D eigenvalue weighted by Gasteiger charge is -2.15. The van der Waals surface area contributed by atoms with Crippen LogP contribution in [0.1, 0.15) is 35.2 Å². The molecule has 4 nitrogen and oxygen atoms in total. The van der Waals surface area contributed by atoms with Crippen molar-refractivity contribution in [2.24, 2.45) is 0 Å². The van der Waals surface area contributed by atoms with E-state index in [1.807, 2.05) is 29.2 Å². The summed E-state index contributed by atoms with van der Waals surface area (Å²) in [5.74, 6) is 0.0373. The summed E-state index contributed by atoms with van der Waals surface area (Å²) >= 11 is 5.91. The van der Waals surface area contributed by atoms with Crippen molar-refractivity contribution >= 4 is 29.1 Å².